The van der Waals surface area contributed by atoms with Gasteiger partial charge in [0, 0.05) is 25.5 Å². The van der Waals surface area contributed by atoms with E-state index in [4.69, 9.17) is 14.6 Å². The summed E-state index contributed by atoms with van der Waals surface area (Å²) in [6.45, 7) is 2.91. The quantitative estimate of drug-likeness (QED) is 0.741. The second-order valence-electron chi connectivity index (χ2n) is 5.25. The van der Waals surface area contributed by atoms with E-state index < -0.39 is 0 Å². The Bertz CT molecular complexity index is 219. The summed E-state index contributed by atoms with van der Waals surface area (Å²) < 4.78 is 11.5. The Balaban J connectivity index is 1.70. The smallest absolute Gasteiger partial charge is 0.168 e. The first kappa shape index (κ1) is 13.3. The molecule has 2 fully saturated rings. The molecule has 0 bridgehead atoms. The molecule has 4 nitrogen and oxygen atoms in total. The normalized spacial score (nSPS) is 24.9. The van der Waals surface area contributed by atoms with Crippen LogP contribution in [0.25, 0.3) is 0 Å². The van der Waals surface area contributed by atoms with Gasteiger partial charge in [0.05, 0.1) is 13.2 Å². The molecule has 0 radical (unpaired) electrons. The summed E-state index contributed by atoms with van der Waals surface area (Å²) in [5, 5.41) is 8.78. The molecule has 1 saturated carbocycles. The predicted octanol–water partition coefficient (Wildman–Crippen LogP) is 1.38. The van der Waals surface area contributed by atoms with Gasteiger partial charge in [0.15, 0.2) is 5.79 Å². The van der Waals surface area contributed by atoms with Gasteiger partial charge in [-0.25, -0.2) is 0 Å². The van der Waals surface area contributed by atoms with Crippen LogP contribution < -0.4 is 0 Å². The highest BCUT2D eigenvalue weighted by Gasteiger charge is 2.40. The van der Waals surface area contributed by atoms with Gasteiger partial charge in [-0.1, -0.05) is 0 Å². The van der Waals surface area contributed by atoms with E-state index in [1.807, 2.05) is 0 Å². The first-order chi connectivity index (χ1) is 8.26. The maximum Gasteiger partial charge on any atom is 0.168 e. The molecule has 100 valence electrons. The van der Waals surface area contributed by atoms with Gasteiger partial charge in [-0.2, -0.15) is 0 Å². The summed E-state index contributed by atoms with van der Waals surface area (Å²) in [4.78, 5) is 2.43. The number of nitrogens with zero attached hydrogens (tertiary/aromatic N) is 1. The first-order valence-corrected chi connectivity index (χ1v) is 6.85. The standard InChI is InChI=1S/C13H25NO3/c1-14(8-2-3-9-15)12-4-6-13(7-5-12)16-10-11-17-13/h12,15H,2-11H2,1H3. The minimum atomic E-state index is -0.234. The van der Waals surface area contributed by atoms with E-state index in [2.05, 4.69) is 11.9 Å². The van der Waals surface area contributed by atoms with Crippen molar-refractivity contribution in [3.05, 3.63) is 0 Å². The Hall–Kier alpha value is -0.160. The SMILES string of the molecule is CN(CCCCO)C1CCC2(CC1)OCCO2. The minimum Gasteiger partial charge on any atom is -0.396 e. The molecule has 0 aromatic rings. The molecule has 1 saturated heterocycles. The zero-order valence-corrected chi connectivity index (χ0v) is 10.9. The lowest BCUT2D eigenvalue weighted by molar-refractivity contribution is -0.183. The van der Waals surface area contributed by atoms with Crippen LogP contribution in [-0.4, -0.2) is 55.2 Å². The molecule has 2 aliphatic rings. The fourth-order valence-electron chi connectivity index (χ4n) is 2.92. The number of hydrogen-bond acceptors (Lipinski definition) is 4. The highest BCUT2D eigenvalue weighted by Crippen LogP contribution is 2.37. The number of unbranched alkanes of at least 4 members (excludes halogenated alkanes) is 1. The van der Waals surface area contributed by atoms with Crippen molar-refractivity contribution in [1.29, 1.82) is 0 Å². The van der Waals surface area contributed by atoms with Crippen LogP contribution in [0.15, 0.2) is 0 Å². The second kappa shape index (κ2) is 6.14. The minimum absolute atomic E-state index is 0.234. The lowest BCUT2D eigenvalue weighted by Crippen LogP contribution is -2.43. The van der Waals surface area contributed by atoms with Gasteiger partial charge in [0.25, 0.3) is 0 Å². The van der Waals surface area contributed by atoms with Gasteiger partial charge in [0.1, 0.15) is 0 Å². The summed E-state index contributed by atoms with van der Waals surface area (Å²) in [7, 11) is 2.19. The summed E-state index contributed by atoms with van der Waals surface area (Å²) in [6.07, 6.45) is 6.38. The maximum atomic E-state index is 8.78. The highest BCUT2D eigenvalue weighted by molar-refractivity contribution is 4.85. The molecule has 1 aliphatic heterocycles. The van der Waals surface area contributed by atoms with Crippen molar-refractivity contribution in [2.45, 2.75) is 50.4 Å². The van der Waals surface area contributed by atoms with Gasteiger partial charge < -0.3 is 19.5 Å². The predicted molar refractivity (Wildman–Crippen MR) is 65.8 cm³/mol. The summed E-state index contributed by atoms with van der Waals surface area (Å²) >= 11 is 0. The molecule has 4 heteroatoms. The van der Waals surface area contributed by atoms with Crippen molar-refractivity contribution in [2.24, 2.45) is 0 Å². The number of hydrogen-bond donors (Lipinski definition) is 1. The van der Waals surface area contributed by atoms with Crippen molar-refractivity contribution in [2.75, 3.05) is 33.4 Å². The van der Waals surface area contributed by atoms with Gasteiger partial charge >= 0.3 is 0 Å². The van der Waals surface area contributed by atoms with Crippen molar-refractivity contribution in [3.63, 3.8) is 0 Å². The summed E-state index contributed by atoms with van der Waals surface area (Å²) in [6, 6.07) is 0.659. The molecule has 0 atom stereocenters. The number of rotatable bonds is 5. The third-order valence-electron chi connectivity index (χ3n) is 4.07. The molecule has 1 heterocycles. The van der Waals surface area contributed by atoms with Crippen LogP contribution >= 0.6 is 0 Å². The number of aliphatic hydroxyl groups excluding tert-OH is 1. The van der Waals surface area contributed by atoms with Crippen LogP contribution in [0.4, 0.5) is 0 Å². The first-order valence-electron chi connectivity index (χ1n) is 6.85. The van der Waals surface area contributed by atoms with Crippen LogP contribution in [0.3, 0.4) is 0 Å². The van der Waals surface area contributed by atoms with E-state index in [1.54, 1.807) is 0 Å². The van der Waals surface area contributed by atoms with E-state index >= 15 is 0 Å². The van der Waals surface area contributed by atoms with Crippen molar-refractivity contribution in [1.82, 2.24) is 4.90 Å². The van der Waals surface area contributed by atoms with E-state index in [1.165, 1.54) is 0 Å². The lowest BCUT2D eigenvalue weighted by Gasteiger charge is -2.39. The molecule has 0 aromatic carbocycles. The molecule has 0 unspecified atom stereocenters. The number of ether oxygens (including phenoxy) is 2. The van der Waals surface area contributed by atoms with E-state index in [-0.39, 0.29) is 5.79 Å². The van der Waals surface area contributed by atoms with Crippen LogP contribution in [0, 0.1) is 0 Å². The van der Waals surface area contributed by atoms with Gasteiger partial charge in [-0.15, -0.1) is 0 Å². The molecule has 1 N–H and O–H groups in total. The van der Waals surface area contributed by atoms with E-state index in [0.29, 0.717) is 12.6 Å². The molecular formula is C13H25NO3. The second-order valence-corrected chi connectivity index (χ2v) is 5.25. The zero-order chi connectivity index (χ0) is 12.1. The summed E-state index contributed by atoms with van der Waals surface area (Å²) in [5.41, 5.74) is 0. The van der Waals surface area contributed by atoms with Crippen LogP contribution in [-0.2, 0) is 9.47 Å². The van der Waals surface area contributed by atoms with Gasteiger partial charge in [-0.05, 0) is 39.3 Å². The molecule has 0 amide bonds. The monoisotopic (exact) mass is 243 g/mol. The average molecular weight is 243 g/mol. The molecule has 17 heavy (non-hydrogen) atoms. The van der Waals surface area contributed by atoms with E-state index in [9.17, 15) is 0 Å². The Morgan fingerprint density at radius 3 is 2.41 bits per heavy atom. The van der Waals surface area contributed by atoms with Crippen LogP contribution in [0.1, 0.15) is 38.5 Å². The average Bonchev–Trinajstić information content (AvgIpc) is 2.79. The van der Waals surface area contributed by atoms with Crippen molar-refractivity contribution >= 4 is 0 Å². The number of aliphatic hydroxyl groups is 1. The molecular weight excluding hydrogens is 218 g/mol. The molecule has 0 aromatic heterocycles. The van der Waals surface area contributed by atoms with Gasteiger partial charge in [-0.3, -0.25) is 0 Å². The highest BCUT2D eigenvalue weighted by atomic mass is 16.7. The Labute approximate surface area is 104 Å². The largest absolute Gasteiger partial charge is 0.396 e. The summed E-state index contributed by atoms with van der Waals surface area (Å²) in [5.74, 6) is -0.234. The van der Waals surface area contributed by atoms with Crippen LogP contribution in [0.5, 0.6) is 0 Å². The topological polar surface area (TPSA) is 41.9 Å². The Morgan fingerprint density at radius 2 is 1.82 bits per heavy atom. The van der Waals surface area contributed by atoms with Crippen molar-refractivity contribution in [3.8, 4) is 0 Å². The maximum absolute atomic E-state index is 8.78. The lowest BCUT2D eigenvalue weighted by atomic mass is 9.89. The van der Waals surface area contributed by atoms with Crippen LogP contribution in [0.2, 0.25) is 0 Å². The van der Waals surface area contributed by atoms with Gasteiger partial charge in [0.2, 0.25) is 0 Å². The third-order valence-corrected chi connectivity index (χ3v) is 4.07. The van der Waals surface area contributed by atoms with Crippen molar-refractivity contribution < 1.29 is 14.6 Å². The third kappa shape index (κ3) is 3.41. The Kier molecular flexibility index (Phi) is 4.79. The zero-order valence-electron chi connectivity index (χ0n) is 10.9. The Morgan fingerprint density at radius 1 is 1.18 bits per heavy atom. The van der Waals surface area contributed by atoms with E-state index in [0.717, 1.165) is 58.3 Å². The molecule has 1 aliphatic carbocycles. The fraction of sp³-hybridized carbons (Fsp3) is 1.00. The fourth-order valence-corrected chi connectivity index (χ4v) is 2.92. The molecule has 2 rings (SSSR count). The molecule has 1 spiro atoms.